The molecule has 0 spiro atoms. The summed E-state index contributed by atoms with van der Waals surface area (Å²) in [5.74, 6) is 1.59. The van der Waals surface area contributed by atoms with E-state index in [4.69, 9.17) is 4.98 Å². The summed E-state index contributed by atoms with van der Waals surface area (Å²) < 4.78 is 16.0. The van der Waals surface area contributed by atoms with E-state index in [1.54, 1.807) is 12.2 Å². The summed E-state index contributed by atoms with van der Waals surface area (Å²) >= 11 is 0. The van der Waals surface area contributed by atoms with E-state index >= 15 is 0 Å². The maximum atomic E-state index is 13.8. The molecule has 184 valence electrons. The van der Waals surface area contributed by atoms with E-state index in [1.165, 1.54) is 29.1 Å². The van der Waals surface area contributed by atoms with Gasteiger partial charge in [0.1, 0.15) is 5.83 Å². The van der Waals surface area contributed by atoms with Gasteiger partial charge in [-0.25, -0.2) is 9.37 Å². The number of rotatable bonds is 4. The smallest absolute Gasteiger partial charge is 0.160 e. The van der Waals surface area contributed by atoms with Crippen LogP contribution in [0.4, 0.5) is 10.1 Å². The van der Waals surface area contributed by atoms with Crippen LogP contribution in [-0.2, 0) is 6.54 Å². The minimum atomic E-state index is -0.138. The third-order valence-corrected chi connectivity index (χ3v) is 8.78. The number of fused-ring (bicyclic) bond motifs is 5. The average molecular weight is 474 g/mol. The Kier molecular flexibility index (Phi) is 5.22. The van der Waals surface area contributed by atoms with E-state index < -0.39 is 0 Å². The molecule has 1 saturated heterocycles. The van der Waals surface area contributed by atoms with E-state index in [1.807, 2.05) is 6.20 Å². The van der Waals surface area contributed by atoms with Crippen molar-refractivity contribution in [2.24, 2.45) is 16.7 Å². The summed E-state index contributed by atoms with van der Waals surface area (Å²) in [6, 6.07) is 6.95. The number of anilines is 1. The van der Waals surface area contributed by atoms with E-state index in [0.717, 1.165) is 44.5 Å². The zero-order chi connectivity index (χ0) is 24.4. The van der Waals surface area contributed by atoms with Crippen LogP contribution in [0.25, 0.3) is 11.4 Å². The predicted octanol–water partition coefficient (Wildman–Crippen LogP) is 5.26. The number of imidazole rings is 1. The van der Waals surface area contributed by atoms with Crippen molar-refractivity contribution in [1.29, 1.82) is 0 Å². The molecule has 35 heavy (non-hydrogen) atoms. The van der Waals surface area contributed by atoms with Crippen LogP contribution in [-0.4, -0.2) is 59.6 Å². The number of halogens is 1. The molecule has 3 aliphatic heterocycles. The second-order valence-corrected chi connectivity index (χ2v) is 11.6. The van der Waals surface area contributed by atoms with Gasteiger partial charge in [-0.15, -0.1) is 0 Å². The molecule has 1 aliphatic carbocycles. The molecule has 4 aliphatic rings. The van der Waals surface area contributed by atoms with Gasteiger partial charge in [0.15, 0.2) is 5.82 Å². The SMILES string of the molecule is CN(C)C[C@@H]1CCN(c2ccc3c(c2)CN2CC(C)(C4(C)C=CC(F)=CC4)C=C2c2nccn2-3)C1. The van der Waals surface area contributed by atoms with Gasteiger partial charge in [0.2, 0.25) is 0 Å². The van der Waals surface area contributed by atoms with Crippen molar-refractivity contribution in [3.05, 3.63) is 72.1 Å². The van der Waals surface area contributed by atoms with Gasteiger partial charge >= 0.3 is 0 Å². The quantitative estimate of drug-likeness (QED) is 0.606. The van der Waals surface area contributed by atoms with E-state index in [2.05, 4.69) is 83.8 Å². The molecule has 0 saturated carbocycles. The van der Waals surface area contributed by atoms with Crippen molar-refractivity contribution in [2.45, 2.75) is 33.2 Å². The second-order valence-electron chi connectivity index (χ2n) is 11.6. The molecule has 6 heteroatoms. The first kappa shape index (κ1) is 22.6. The number of nitrogens with zero attached hydrogens (tertiary/aromatic N) is 5. The lowest BCUT2D eigenvalue weighted by molar-refractivity contribution is 0.153. The van der Waals surface area contributed by atoms with Gasteiger partial charge in [-0.3, -0.25) is 4.57 Å². The van der Waals surface area contributed by atoms with E-state index in [-0.39, 0.29) is 16.7 Å². The standard InChI is InChI=1S/C29H36FN5/c1-28(10-7-23(30)8-11-28)29(2)16-26-27-31-12-14-35(27)25-6-5-24(15-22(25)19-34(26)20-29)33-13-9-21(18-33)17-32(3)4/h5-8,10,12,14-16,21H,9,11,13,17-20H2,1-4H3/t21-,28?,29?/m0/s1. The Morgan fingerprint density at radius 2 is 2.03 bits per heavy atom. The molecule has 0 bridgehead atoms. The number of aromatic nitrogens is 2. The third kappa shape index (κ3) is 3.74. The zero-order valence-corrected chi connectivity index (χ0v) is 21.3. The van der Waals surface area contributed by atoms with Crippen LogP contribution in [0.2, 0.25) is 0 Å². The summed E-state index contributed by atoms with van der Waals surface area (Å²) in [6.45, 7) is 9.70. The summed E-state index contributed by atoms with van der Waals surface area (Å²) in [7, 11) is 4.33. The van der Waals surface area contributed by atoms with Gasteiger partial charge in [-0.05, 0) is 80.3 Å². The van der Waals surface area contributed by atoms with Crippen molar-refractivity contribution >= 4 is 11.4 Å². The van der Waals surface area contributed by atoms with Crippen LogP contribution in [0.5, 0.6) is 0 Å². The number of allylic oxidation sites excluding steroid dienone is 4. The largest absolute Gasteiger partial charge is 0.371 e. The third-order valence-electron chi connectivity index (χ3n) is 8.78. The van der Waals surface area contributed by atoms with Crippen LogP contribution < -0.4 is 4.90 Å². The molecule has 5 nitrogen and oxygen atoms in total. The normalized spacial score (nSPS) is 29.6. The highest BCUT2D eigenvalue weighted by Gasteiger charge is 2.48. The summed E-state index contributed by atoms with van der Waals surface area (Å²) in [4.78, 5) is 12.1. The average Bonchev–Trinajstić information content (AvgIpc) is 3.54. The first-order valence-electron chi connectivity index (χ1n) is 12.8. The van der Waals surface area contributed by atoms with Gasteiger partial charge in [-0.2, -0.15) is 0 Å². The van der Waals surface area contributed by atoms with Gasteiger partial charge < -0.3 is 14.7 Å². The maximum Gasteiger partial charge on any atom is 0.160 e. The number of benzene rings is 1. The Balaban J connectivity index is 1.33. The summed E-state index contributed by atoms with van der Waals surface area (Å²) in [6.07, 6.45) is 13.8. The van der Waals surface area contributed by atoms with Crippen molar-refractivity contribution in [1.82, 2.24) is 19.4 Å². The Labute approximate surface area is 208 Å². The first-order chi connectivity index (χ1) is 16.7. The molecule has 0 radical (unpaired) electrons. The van der Waals surface area contributed by atoms with Crippen LogP contribution >= 0.6 is 0 Å². The Morgan fingerprint density at radius 1 is 1.17 bits per heavy atom. The summed E-state index contributed by atoms with van der Waals surface area (Å²) in [5.41, 5.74) is 4.81. The van der Waals surface area contributed by atoms with Crippen molar-refractivity contribution < 1.29 is 4.39 Å². The molecule has 0 N–H and O–H groups in total. The molecule has 1 fully saturated rings. The van der Waals surface area contributed by atoms with Gasteiger partial charge in [-0.1, -0.05) is 19.9 Å². The van der Waals surface area contributed by atoms with Crippen LogP contribution in [0.3, 0.4) is 0 Å². The monoisotopic (exact) mass is 473 g/mol. The zero-order valence-electron chi connectivity index (χ0n) is 21.3. The number of hydrogen-bond acceptors (Lipinski definition) is 4. The Bertz CT molecular complexity index is 1240. The Morgan fingerprint density at radius 3 is 2.80 bits per heavy atom. The fourth-order valence-corrected chi connectivity index (χ4v) is 6.50. The molecule has 4 heterocycles. The van der Waals surface area contributed by atoms with Crippen LogP contribution in [0, 0.1) is 16.7 Å². The highest BCUT2D eigenvalue weighted by atomic mass is 19.1. The minimum absolute atomic E-state index is 0.115. The fourth-order valence-electron chi connectivity index (χ4n) is 6.50. The molecule has 0 amide bonds. The van der Waals surface area contributed by atoms with Crippen molar-refractivity contribution in [2.75, 3.05) is 45.2 Å². The maximum absolute atomic E-state index is 13.8. The van der Waals surface area contributed by atoms with Gasteiger partial charge in [0, 0.05) is 56.2 Å². The topological polar surface area (TPSA) is 27.5 Å². The lowest BCUT2D eigenvalue weighted by atomic mass is 9.63. The predicted molar refractivity (Wildman–Crippen MR) is 140 cm³/mol. The molecule has 1 aromatic heterocycles. The second kappa shape index (κ2) is 8.09. The molecule has 2 aromatic rings. The lowest BCUT2D eigenvalue weighted by Gasteiger charge is -2.42. The molecule has 6 rings (SSSR count). The highest BCUT2D eigenvalue weighted by Crippen LogP contribution is 2.53. The first-order valence-corrected chi connectivity index (χ1v) is 12.8. The summed E-state index contributed by atoms with van der Waals surface area (Å²) in [5, 5.41) is 0. The lowest BCUT2D eigenvalue weighted by Crippen LogP contribution is -2.39. The molecule has 3 atom stereocenters. The van der Waals surface area contributed by atoms with Crippen LogP contribution in [0.15, 0.2) is 60.7 Å². The highest BCUT2D eigenvalue weighted by molar-refractivity contribution is 5.68. The van der Waals surface area contributed by atoms with Gasteiger partial charge in [0.25, 0.3) is 0 Å². The van der Waals surface area contributed by atoms with E-state index in [9.17, 15) is 4.39 Å². The molecule has 1 aromatic carbocycles. The van der Waals surface area contributed by atoms with Gasteiger partial charge in [0.05, 0.1) is 11.4 Å². The number of hydrogen-bond donors (Lipinski definition) is 0. The fraction of sp³-hybridized carbons (Fsp3) is 0.483. The van der Waals surface area contributed by atoms with E-state index in [0.29, 0.717) is 6.42 Å². The molecule has 2 unspecified atom stereocenters. The molecular formula is C29H36FN5. The van der Waals surface area contributed by atoms with Crippen molar-refractivity contribution in [3.63, 3.8) is 0 Å². The van der Waals surface area contributed by atoms with Crippen molar-refractivity contribution in [3.8, 4) is 5.69 Å². The molecular weight excluding hydrogens is 437 g/mol. The van der Waals surface area contributed by atoms with Crippen LogP contribution in [0.1, 0.15) is 38.1 Å². The Hall–Kier alpha value is -2.86. The minimum Gasteiger partial charge on any atom is -0.371 e.